The highest BCUT2D eigenvalue weighted by Crippen LogP contribution is 2.13. The Labute approximate surface area is 248 Å². The van der Waals surface area contributed by atoms with Crippen molar-refractivity contribution in [3.05, 3.63) is 0 Å². The zero-order valence-electron chi connectivity index (χ0n) is 26.2. The zero-order valence-corrected chi connectivity index (χ0v) is 26.2. The number of carboxylic acids is 1. The summed E-state index contributed by atoms with van der Waals surface area (Å²) in [5, 5.41) is 17.4. The van der Waals surface area contributed by atoms with E-state index in [-0.39, 0.29) is 24.8 Å². The van der Waals surface area contributed by atoms with Crippen molar-refractivity contribution in [1.82, 2.24) is 16.0 Å². The predicted octanol–water partition coefficient (Wildman–Crippen LogP) is 4.14. The Bertz CT molecular complexity index is 719. The molecule has 0 fully saturated rings. The van der Waals surface area contributed by atoms with Crippen molar-refractivity contribution < 1.29 is 24.3 Å². The topological polar surface area (TPSA) is 177 Å². The highest BCUT2D eigenvalue weighted by Gasteiger charge is 2.31. The average molecular weight is 584 g/mol. The molecule has 0 aromatic carbocycles. The number of carbonyl (C=O) groups is 4. The highest BCUT2D eigenvalue weighted by molar-refractivity contribution is 5.93. The molecular weight excluding hydrogens is 522 g/mol. The lowest BCUT2D eigenvalue weighted by molar-refractivity contribution is -0.142. The number of nitrogens with two attached hydrogens (primary N) is 2. The Morgan fingerprint density at radius 1 is 0.610 bits per heavy atom. The molecule has 0 saturated carbocycles. The number of hydrogen-bond acceptors (Lipinski definition) is 6. The van der Waals surface area contributed by atoms with Crippen molar-refractivity contribution in [1.29, 1.82) is 0 Å². The summed E-state index contributed by atoms with van der Waals surface area (Å²) in [4.78, 5) is 50.1. The van der Waals surface area contributed by atoms with Gasteiger partial charge in [0.05, 0.1) is 0 Å². The summed E-state index contributed by atoms with van der Waals surface area (Å²) >= 11 is 0. The van der Waals surface area contributed by atoms with Crippen molar-refractivity contribution >= 4 is 23.7 Å². The summed E-state index contributed by atoms with van der Waals surface area (Å²) in [7, 11) is 0. The van der Waals surface area contributed by atoms with Gasteiger partial charge in [-0.3, -0.25) is 14.4 Å². The molecule has 3 amide bonds. The number of rotatable bonds is 27. The van der Waals surface area contributed by atoms with Crippen molar-refractivity contribution in [2.75, 3.05) is 13.1 Å². The third-order valence-corrected chi connectivity index (χ3v) is 7.42. The molecule has 0 aliphatic rings. The molecule has 0 radical (unpaired) electrons. The first-order valence-corrected chi connectivity index (χ1v) is 16.2. The van der Waals surface area contributed by atoms with Crippen LogP contribution < -0.4 is 27.4 Å². The number of carbonyl (C=O) groups excluding carboxylic acids is 3. The second kappa shape index (κ2) is 25.5. The first-order chi connectivity index (χ1) is 19.7. The molecule has 0 aliphatic carbocycles. The van der Waals surface area contributed by atoms with Gasteiger partial charge in [-0.05, 0) is 51.1 Å². The van der Waals surface area contributed by atoms with Crippen LogP contribution in [-0.2, 0) is 19.2 Å². The van der Waals surface area contributed by atoms with Gasteiger partial charge in [0, 0.05) is 6.42 Å². The van der Waals surface area contributed by atoms with Crippen molar-refractivity contribution in [3.63, 3.8) is 0 Å². The SMILES string of the molecule is CCCCCCCCCCCCCCCC(=O)N[C@@H](CCCCN)C(=O)N[C@H](C(=O)N[C@@H](CCN)C(=O)O)C(C)C. The van der Waals surface area contributed by atoms with E-state index in [0.717, 1.165) is 19.3 Å². The lowest BCUT2D eigenvalue weighted by Gasteiger charge is -2.26. The molecular formula is C31H61N5O5. The molecule has 0 saturated heterocycles. The van der Waals surface area contributed by atoms with Crippen molar-refractivity contribution in [2.24, 2.45) is 17.4 Å². The van der Waals surface area contributed by atoms with E-state index in [1.54, 1.807) is 13.8 Å². The maximum absolute atomic E-state index is 13.2. The fourth-order valence-corrected chi connectivity index (χ4v) is 4.81. The Morgan fingerprint density at radius 3 is 1.61 bits per heavy atom. The average Bonchev–Trinajstić information content (AvgIpc) is 2.93. The number of unbranched alkanes of at least 4 members (excludes halogenated alkanes) is 13. The van der Waals surface area contributed by atoms with Crippen LogP contribution in [0.25, 0.3) is 0 Å². The van der Waals surface area contributed by atoms with Gasteiger partial charge in [0.25, 0.3) is 0 Å². The highest BCUT2D eigenvalue weighted by atomic mass is 16.4. The van der Waals surface area contributed by atoms with E-state index in [1.165, 1.54) is 64.2 Å². The molecule has 8 N–H and O–H groups in total. The lowest BCUT2D eigenvalue weighted by Crippen LogP contribution is -2.57. The van der Waals surface area contributed by atoms with Gasteiger partial charge in [0.2, 0.25) is 17.7 Å². The Balaban J connectivity index is 4.61. The molecule has 0 rings (SSSR count). The van der Waals surface area contributed by atoms with Gasteiger partial charge in [-0.1, -0.05) is 97.8 Å². The second-order valence-electron chi connectivity index (χ2n) is 11.6. The van der Waals surface area contributed by atoms with Crippen LogP contribution in [0.5, 0.6) is 0 Å². The summed E-state index contributed by atoms with van der Waals surface area (Å²) < 4.78 is 0. The number of amides is 3. The van der Waals surface area contributed by atoms with E-state index in [9.17, 15) is 24.3 Å². The quantitative estimate of drug-likeness (QED) is 0.0787. The molecule has 3 atom stereocenters. The van der Waals surface area contributed by atoms with Crippen LogP contribution in [-0.4, -0.2) is 60.0 Å². The monoisotopic (exact) mass is 583 g/mol. The largest absolute Gasteiger partial charge is 0.480 e. The molecule has 0 aromatic rings. The second-order valence-corrected chi connectivity index (χ2v) is 11.6. The van der Waals surface area contributed by atoms with Crippen LogP contribution in [0, 0.1) is 5.92 Å². The standard InChI is InChI=1S/C31H61N5O5/c1-4-5-6-7-8-9-10-11-12-13-14-15-16-20-27(37)34-25(19-17-18-22-32)29(38)36-28(24(2)3)30(39)35-26(21-23-33)31(40)41/h24-26,28H,4-23,32-33H2,1-3H3,(H,34,37)(H,35,39)(H,36,38)(H,40,41)/t25-,26-,28-/m0/s1. The van der Waals surface area contributed by atoms with Gasteiger partial charge in [0.1, 0.15) is 18.1 Å². The smallest absolute Gasteiger partial charge is 0.326 e. The van der Waals surface area contributed by atoms with E-state index in [1.807, 2.05) is 0 Å². The summed E-state index contributed by atoms with van der Waals surface area (Å²) in [6, 6.07) is -2.87. The molecule has 0 aromatic heterocycles. The van der Waals surface area contributed by atoms with Crippen molar-refractivity contribution in [3.8, 4) is 0 Å². The van der Waals surface area contributed by atoms with Crippen molar-refractivity contribution in [2.45, 2.75) is 154 Å². The Kier molecular flexibility index (Phi) is 24.1. The van der Waals surface area contributed by atoms with Crippen LogP contribution in [0.2, 0.25) is 0 Å². The minimum absolute atomic E-state index is 0.0802. The summed E-state index contributed by atoms with van der Waals surface area (Å²) in [6.07, 6.45) is 18.2. The fraction of sp³-hybridized carbons (Fsp3) is 0.871. The predicted molar refractivity (Wildman–Crippen MR) is 165 cm³/mol. The van der Waals surface area contributed by atoms with Crippen LogP contribution in [0.1, 0.15) is 136 Å². The van der Waals surface area contributed by atoms with E-state index in [2.05, 4.69) is 22.9 Å². The van der Waals surface area contributed by atoms with E-state index < -0.39 is 35.9 Å². The first kappa shape index (κ1) is 38.8. The first-order valence-electron chi connectivity index (χ1n) is 16.2. The number of carboxylic acid groups (broad SMARTS) is 1. The molecule has 0 bridgehead atoms. The Morgan fingerprint density at radius 2 is 1.15 bits per heavy atom. The molecule has 0 unspecified atom stereocenters. The normalized spacial score (nSPS) is 13.4. The summed E-state index contributed by atoms with van der Waals surface area (Å²) in [5.74, 6) is -2.70. The lowest BCUT2D eigenvalue weighted by atomic mass is 10.0. The Hall–Kier alpha value is -2.20. The zero-order chi connectivity index (χ0) is 30.9. The van der Waals surface area contributed by atoms with Crippen LogP contribution in [0.15, 0.2) is 0 Å². The van der Waals surface area contributed by atoms with E-state index in [0.29, 0.717) is 32.2 Å². The maximum atomic E-state index is 13.2. The molecule has 0 heterocycles. The number of aliphatic carboxylic acids is 1. The van der Waals surface area contributed by atoms with Crippen LogP contribution >= 0.6 is 0 Å². The van der Waals surface area contributed by atoms with E-state index >= 15 is 0 Å². The van der Waals surface area contributed by atoms with Gasteiger partial charge in [-0.15, -0.1) is 0 Å². The minimum Gasteiger partial charge on any atom is -0.480 e. The maximum Gasteiger partial charge on any atom is 0.326 e. The number of nitrogens with one attached hydrogen (secondary N) is 3. The van der Waals surface area contributed by atoms with Gasteiger partial charge in [0.15, 0.2) is 0 Å². The molecule has 0 aliphatic heterocycles. The van der Waals surface area contributed by atoms with Gasteiger partial charge >= 0.3 is 5.97 Å². The molecule has 10 nitrogen and oxygen atoms in total. The van der Waals surface area contributed by atoms with Gasteiger partial charge in [-0.2, -0.15) is 0 Å². The third kappa shape index (κ3) is 20.3. The van der Waals surface area contributed by atoms with E-state index in [4.69, 9.17) is 11.5 Å². The fourth-order valence-electron chi connectivity index (χ4n) is 4.81. The molecule has 41 heavy (non-hydrogen) atoms. The minimum atomic E-state index is -1.18. The molecule has 240 valence electrons. The molecule has 10 heteroatoms. The third-order valence-electron chi connectivity index (χ3n) is 7.42. The molecule has 0 spiro atoms. The van der Waals surface area contributed by atoms with Gasteiger partial charge < -0.3 is 32.5 Å². The van der Waals surface area contributed by atoms with Crippen LogP contribution in [0.3, 0.4) is 0 Å². The summed E-state index contributed by atoms with van der Waals surface area (Å²) in [6.45, 7) is 6.35. The number of hydrogen-bond donors (Lipinski definition) is 6. The van der Waals surface area contributed by atoms with Gasteiger partial charge in [-0.25, -0.2) is 4.79 Å². The van der Waals surface area contributed by atoms with Crippen LogP contribution in [0.4, 0.5) is 0 Å². The summed E-state index contributed by atoms with van der Waals surface area (Å²) in [5.41, 5.74) is 11.1.